The number of phenolic OH excluding ortho intramolecular Hbond substituents is 1. The van der Waals surface area contributed by atoms with E-state index in [0.29, 0.717) is 18.7 Å². The van der Waals surface area contributed by atoms with Crippen LogP contribution in [0.1, 0.15) is 33.1 Å². The molecule has 3 amide bonds. The number of hydrogen-bond donors (Lipinski definition) is 3. The molecule has 0 saturated carbocycles. The van der Waals surface area contributed by atoms with Crippen LogP contribution < -0.4 is 10.6 Å². The van der Waals surface area contributed by atoms with Crippen molar-refractivity contribution >= 4 is 23.4 Å². The van der Waals surface area contributed by atoms with Crippen molar-refractivity contribution in [2.75, 3.05) is 11.9 Å². The van der Waals surface area contributed by atoms with Crippen molar-refractivity contribution in [3.05, 3.63) is 24.3 Å². The van der Waals surface area contributed by atoms with E-state index < -0.39 is 0 Å². The lowest BCUT2D eigenvalue weighted by Crippen LogP contribution is -2.39. The van der Waals surface area contributed by atoms with Crippen LogP contribution in [0, 0.1) is 0 Å². The number of aromatic hydroxyl groups is 1. The van der Waals surface area contributed by atoms with Gasteiger partial charge in [0.1, 0.15) is 5.75 Å². The number of anilines is 1. The second-order valence-electron chi connectivity index (χ2n) is 6.21. The van der Waals surface area contributed by atoms with Gasteiger partial charge in [-0.2, -0.15) is 0 Å². The lowest BCUT2D eigenvalue weighted by atomic mass is 10.2. The first-order chi connectivity index (χ1) is 11.3. The van der Waals surface area contributed by atoms with Crippen molar-refractivity contribution in [1.82, 2.24) is 10.2 Å². The largest absolute Gasteiger partial charge is 0.508 e. The normalized spacial score (nSPS) is 17.2. The van der Waals surface area contributed by atoms with Gasteiger partial charge in [0.2, 0.25) is 17.7 Å². The molecule has 1 atom stereocenters. The van der Waals surface area contributed by atoms with Gasteiger partial charge >= 0.3 is 0 Å². The van der Waals surface area contributed by atoms with Gasteiger partial charge in [0.05, 0.1) is 6.04 Å². The molecule has 1 aliphatic rings. The first-order valence-electron chi connectivity index (χ1n) is 8.03. The lowest BCUT2D eigenvalue weighted by Gasteiger charge is -2.21. The molecule has 24 heavy (non-hydrogen) atoms. The minimum atomic E-state index is -0.304. The van der Waals surface area contributed by atoms with Crippen molar-refractivity contribution in [2.45, 2.75) is 45.2 Å². The number of amides is 3. The molecular formula is C17H23N3O4. The van der Waals surface area contributed by atoms with Gasteiger partial charge in [-0.3, -0.25) is 14.4 Å². The maximum absolute atomic E-state index is 11.9. The van der Waals surface area contributed by atoms with E-state index in [1.807, 2.05) is 13.8 Å². The summed E-state index contributed by atoms with van der Waals surface area (Å²) in [5.74, 6) is -0.449. The van der Waals surface area contributed by atoms with Crippen molar-refractivity contribution in [3.63, 3.8) is 0 Å². The standard InChI is InChI=1S/C17H23N3O4/c1-11(2)20-10-13(9-17(20)24)19-16(23)7-6-15(22)18-12-4-3-5-14(21)8-12/h3-5,8,11,13,21H,6-7,9-10H2,1-2H3,(H,18,22)(H,19,23). The van der Waals surface area contributed by atoms with Crippen molar-refractivity contribution in [2.24, 2.45) is 0 Å². The third kappa shape index (κ3) is 4.97. The first-order valence-corrected chi connectivity index (χ1v) is 8.03. The van der Waals surface area contributed by atoms with Crippen molar-refractivity contribution in [3.8, 4) is 5.75 Å². The molecule has 130 valence electrons. The zero-order valence-corrected chi connectivity index (χ0v) is 13.9. The van der Waals surface area contributed by atoms with Gasteiger partial charge in [0, 0.05) is 43.6 Å². The van der Waals surface area contributed by atoms with Crippen LogP contribution in [-0.2, 0) is 14.4 Å². The van der Waals surface area contributed by atoms with Crippen LogP contribution in [0.3, 0.4) is 0 Å². The number of phenols is 1. The van der Waals surface area contributed by atoms with Crippen molar-refractivity contribution in [1.29, 1.82) is 0 Å². The van der Waals surface area contributed by atoms with Crippen molar-refractivity contribution < 1.29 is 19.5 Å². The summed E-state index contributed by atoms with van der Waals surface area (Å²) >= 11 is 0. The van der Waals surface area contributed by atoms with Gasteiger partial charge in [0.15, 0.2) is 0 Å². The average molecular weight is 333 g/mol. The number of hydrogen-bond acceptors (Lipinski definition) is 4. The lowest BCUT2D eigenvalue weighted by molar-refractivity contribution is -0.129. The van der Waals surface area contributed by atoms with Crippen LogP contribution in [0.25, 0.3) is 0 Å². The molecule has 0 radical (unpaired) electrons. The molecule has 1 aliphatic heterocycles. The minimum Gasteiger partial charge on any atom is -0.508 e. The van der Waals surface area contributed by atoms with E-state index in [1.54, 1.807) is 17.0 Å². The van der Waals surface area contributed by atoms with Crippen LogP contribution in [0.2, 0.25) is 0 Å². The maximum atomic E-state index is 11.9. The Bertz CT molecular complexity index is 630. The zero-order valence-electron chi connectivity index (χ0n) is 13.9. The van der Waals surface area contributed by atoms with Gasteiger partial charge in [-0.15, -0.1) is 0 Å². The van der Waals surface area contributed by atoms with E-state index in [0.717, 1.165) is 0 Å². The summed E-state index contributed by atoms with van der Waals surface area (Å²) in [4.78, 5) is 37.3. The highest BCUT2D eigenvalue weighted by Crippen LogP contribution is 2.16. The van der Waals surface area contributed by atoms with Gasteiger partial charge in [0.25, 0.3) is 0 Å². The summed E-state index contributed by atoms with van der Waals surface area (Å²) in [6.45, 7) is 4.39. The van der Waals surface area contributed by atoms with Gasteiger partial charge in [-0.25, -0.2) is 0 Å². The predicted octanol–water partition coefficient (Wildman–Crippen LogP) is 1.24. The van der Waals surface area contributed by atoms with Gasteiger partial charge < -0.3 is 20.6 Å². The van der Waals surface area contributed by atoms with Crippen LogP contribution in [0.15, 0.2) is 24.3 Å². The van der Waals surface area contributed by atoms with Crippen LogP contribution >= 0.6 is 0 Å². The van der Waals surface area contributed by atoms with Crippen LogP contribution in [-0.4, -0.2) is 46.4 Å². The number of benzene rings is 1. The second kappa shape index (κ2) is 7.81. The van der Waals surface area contributed by atoms with E-state index in [9.17, 15) is 19.5 Å². The Kier molecular flexibility index (Phi) is 5.78. The Morgan fingerprint density at radius 3 is 2.62 bits per heavy atom. The van der Waals surface area contributed by atoms with Crippen LogP contribution in [0.4, 0.5) is 5.69 Å². The predicted molar refractivity (Wildman–Crippen MR) is 89.4 cm³/mol. The highest BCUT2D eigenvalue weighted by Gasteiger charge is 2.31. The molecule has 0 aliphatic carbocycles. The van der Waals surface area contributed by atoms with E-state index in [4.69, 9.17) is 0 Å². The number of nitrogens with one attached hydrogen (secondary N) is 2. The molecule has 3 N–H and O–H groups in total. The molecular weight excluding hydrogens is 310 g/mol. The molecule has 0 bridgehead atoms. The summed E-state index contributed by atoms with van der Waals surface area (Å²) < 4.78 is 0. The summed E-state index contributed by atoms with van der Waals surface area (Å²) in [6, 6.07) is 6.14. The average Bonchev–Trinajstić information content (AvgIpc) is 2.86. The third-order valence-electron chi connectivity index (χ3n) is 3.86. The van der Waals surface area contributed by atoms with Crippen LogP contribution in [0.5, 0.6) is 5.75 Å². The Labute approximate surface area is 141 Å². The SMILES string of the molecule is CC(C)N1CC(NC(=O)CCC(=O)Nc2cccc(O)c2)CC1=O. The Hall–Kier alpha value is -2.57. The molecule has 1 saturated heterocycles. The van der Waals surface area contributed by atoms with E-state index in [1.165, 1.54) is 12.1 Å². The Balaban J connectivity index is 1.73. The third-order valence-corrected chi connectivity index (χ3v) is 3.86. The molecule has 2 rings (SSSR count). The number of rotatable bonds is 6. The Morgan fingerprint density at radius 2 is 2.00 bits per heavy atom. The molecule has 1 heterocycles. The number of carbonyl (C=O) groups is 3. The van der Waals surface area contributed by atoms with E-state index in [2.05, 4.69) is 10.6 Å². The fourth-order valence-corrected chi connectivity index (χ4v) is 2.66. The highest BCUT2D eigenvalue weighted by atomic mass is 16.3. The molecule has 1 aromatic rings. The smallest absolute Gasteiger partial charge is 0.225 e. The number of nitrogens with zero attached hydrogens (tertiary/aromatic N) is 1. The molecule has 7 nitrogen and oxygen atoms in total. The zero-order chi connectivity index (χ0) is 17.7. The van der Waals surface area contributed by atoms with Gasteiger partial charge in [-0.05, 0) is 26.0 Å². The molecule has 1 fully saturated rings. The first kappa shape index (κ1) is 17.8. The fourth-order valence-electron chi connectivity index (χ4n) is 2.66. The maximum Gasteiger partial charge on any atom is 0.225 e. The topological polar surface area (TPSA) is 98.7 Å². The van der Waals surface area contributed by atoms with E-state index in [-0.39, 0.29) is 48.4 Å². The van der Waals surface area contributed by atoms with Gasteiger partial charge in [-0.1, -0.05) is 6.07 Å². The summed E-state index contributed by atoms with van der Waals surface area (Å²) in [7, 11) is 0. The molecule has 1 unspecified atom stereocenters. The molecule has 1 aromatic carbocycles. The molecule has 0 spiro atoms. The van der Waals surface area contributed by atoms with E-state index >= 15 is 0 Å². The summed E-state index contributed by atoms with van der Waals surface area (Å²) in [5, 5.41) is 14.8. The Morgan fingerprint density at radius 1 is 1.29 bits per heavy atom. The summed E-state index contributed by atoms with van der Waals surface area (Å²) in [6.07, 6.45) is 0.395. The number of carbonyl (C=O) groups excluding carboxylic acids is 3. The second-order valence-corrected chi connectivity index (χ2v) is 6.21. The minimum absolute atomic E-state index is 0.0377. The molecule has 0 aromatic heterocycles. The fraction of sp³-hybridized carbons (Fsp3) is 0.471. The highest BCUT2D eigenvalue weighted by molar-refractivity contribution is 5.93. The monoisotopic (exact) mass is 333 g/mol. The quantitative estimate of drug-likeness (QED) is 0.729. The summed E-state index contributed by atoms with van der Waals surface area (Å²) in [5.41, 5.74) is 0.481. The molecule has 7 heteroatoms. The number of likely N-dealkylation sites (tertiary alicyclic amines) is 1.